The number of hydrogen-bond donors (Lipinski definition) is 1. The molecule has 1 fully saturated rings. The van der Waals surface area contributed by atoms with E-state index in [0.717, 1.165) is 18.2 Å². The summed E-state index contributed by atoms with van der Waals surface area (Å²) in [5, 5.41) is 3.67. The zero-order valence-electron chi connectivity index (χ0n) is 11.8. The predicted molar refractivity (Wildman–Crippen MR) is 76.0 cm³/mol. The van der Waals surface area contributed by atoms with Gasteiger partial charge in [0.2, 0.25) is 0 Å². The van der Waals surface area contributed by atoms with Gasteiger partial charge in [0.05, 0.1) is 6.10 Å². The van der Waals surface area contributed by atoms with Crippen LogP contribution in [0.1, 0.15) is 51.6 Å². The highest BCUT2D eigenvalue weighted by atomic mass is 16.5. The molecule has 1 aliphatic rings. The molecule has 2 rings (SSSR count). The van der Waals surface area contributed by atoms with E-state index in [1.54, 1.807) is 0 Å². The van der Waals surface area contributed by atoms with Crippen LogP contribution in [0, 0.1) is 5.92 Å². The van der Waals surface area contributed by atoms with Gasteiger partial charge in [0.1, 0.15) is 5.75 Å². The SMILES string of the molecule is CCCNC(c1ccc(OC(C)C)cc1)C1CC1. The Balaban J connectivity index is 2.01. The minimum Gasteiger partial charge on any atom is -0.491 e. The van der Waals surface area contributed by atoms with Crippen molar-refractivity contribution >= 4 is 0 Å². The normalized spacial score (nSPS) is 16.9. The summed E-state index contributed by atoms with van der Waals surface area (Å²) >= 11 is 0. The highest BCUT2D eigenvalue weighted by Crippen LogP contribution is 2.41. The van der Waals surface area contributed by atoms with Gasteiger partial charge in [0.15, 0.2) is 0 Å². The molecule has 0 aliphatic heterocycles. The van der Waals surface area contributed by atoms with E-state index in [9.17, 15) is 0 Å². The van der Waals surface area contributed by atoms with Crippen LogP contribution < -0.4 is 10.1 Å². The van der Waals surface area contributed by atoms with Gasteiger partial charge in [-0.05, 0) is 63.3 Å². The van der Waals surface area contributed by atoms with Gasteiger partial charge in [-0.3, -0.25) is 0 Å². The maximum absolute atomic E-state index is 5.69. The molecule has 0 aromatic heterocycles. The molecular weight excluding hydrogens is 222 g/mol. The molecule has 2 heteroatoms. The summed E-state index contributed by atoms with van der Waals surface area (Å²) in [5.41, 5.74) is 1.40. The van der Waals surface area contributed by atoms with E-state index in [1.165, 1.54) is 24.8 Å². The van der Waals surface area contributed by atoms with Crippen molar-refractivity contribution in [1.29, 1.82) is 0 Å². The summed E-state index contributed by atoms with van der Waals surface area (Å²) in [5.74, 6) is 1.81. The Morgan fingerprint density at radius 1 is 1.22 bits per heavy atom. The minimum atomic E-state index is 0.244. The van der Waals surface area contributed by atoms with Crippen molar-refractivity contribution in [3.8, 4) is 5.75 Å². The summed E-state index contributed by atoms with van der Waals surface area (Å²) in [7, 11) is 0. The highest BCUT2D eigenvalue weighted by Gasteiger charge is 2.31. The molecule has 1 saturated carbocycles. The van der Waals surface area contributed by atoms with Crippen LogP contribution in [0.15, 0.2) is 24.3 Å². The quantitative estimate of drug-likeness (QED) is 0.788. The first-order valence-corrected chi connectivity index (χ1v) is 7.20. The van der Waals surface area contributed by atoms with E-state index in [-0.39, 0.29) is 6.10 Å². The van der Waals surface area contributed by atoms with Gasteiger partial charge >= 0.3 is 0 Å². The Labute approximate surface area is 111 Å². The van der Waals surface area contributed by atoms with Crippen LogP contribution in [0.5, 0.6) is 5.75 Å². The molecule has 1 unspecified atom stereocenters. The van der Waals surface area contributed by atoms with Gasteiger partial charge in [0.25, 0.3) is 0 Å². The predicted octanol–water partition coefficient (Wildman–Crippen LogP) is 3.92. The van der Waals surface area contributed by atoms with Gasteiger partial charge in [0, 0.05) is 6.04 Å². The Bertz CT molecular complexity index is 354. The summed E-state index contributed by atoms with van der Waals surface area (Å²) in [4.78, 5) is 0. The molecule has 2 nitrogen and oxygen atoms in total. The van der Waals surface area contributed by atoms with E-state index in [2.05, 4.69) is 50.4 Å². The number of ether oxygens (including phenoxy) is 1. The molecule has 100 valence electrons. The smallest absolute Gasteiger partial charge is 0.119 e. The van der Waals surface area contributed by atoms with Gasteiger partial charge < -0.3 is 10.1 Å². The van der Waals surface area contributed by atoms with Crippen molar-refractivity contribution in [2.24, 2.45) is 5.92 Å². The molecule has 1 atom stereocenters. The Morgan fingerprint density at radius 3 is 2.39 bits per heavy atom. The number of hydrogen-bond acceptors (Lipinski definition) is 2. The maximum Gasteiger partial charge on any atom is 0.119 e. The number of benzene rings is 1. The van der Waals surface area contributed by atoms with E-state index in [0.29, 0.717) is 6.04 Å². The molecule has 1 aromatic carbocycles. The largest absolute Gasteiger partial charge is 0.491 e. The lowest BCUT2D eigenvalue weighted by Crippen LogP contribution is -2.23. The van der Waals surface area contributed by atoms with Crippen molar-refractivity contribution in [2.45, 2.75) is 52.2 Å². The summed E-state index contributed by atoms with van der Waals surface area (Å²) in [6.07, 6.45) is 4.17. The molecule has 1 aliphatic carbocycles. The van der Waals surface area contributed by atoms with Crippen molar-refractivity contribution in [3.63, 3.8) is 0 Å². The van der Waals surface area contributed by atoms with E-state index < -0.39 is 0 Å². The molecule has 0 amide bonds. The van der Waals surface area contributed by atoms with Gasteiger partial charge in [-0.15, -0.1) is 0 Å². The number of nitrogens with one attached hydrogen (secondary N) is 1. The van der Waals surface area contributed by atoms with E-state index >= 15 is 0 Å². The maximum atomic E-state index is 5.69. The first kappa shape index (κ1) is 13.4. The highest BCUT2D eigenvalue weighted by molar-refractivity contribution is 5.30. The lowest BCUT2D eigenvalue weighted by molar-refractivity contribution is 0.242. The third kappa shape index (κ3) is 3.74. The molecule has 0 saturated heterocycles. The monoisotopic (exact) mass is 247 g/mol. The molecule has 0 radical (unpaired) electrons. The van der Waals surface area contributed by atoms with Crippen molar-refractivity contribution in [3.05, 3.63) is 29.8 Å². The second kappa shape index (κ2) is 6.24. The second-order valence-corrected chi connectivity index (χ2v) is 5.50. The zero-order valence-corrected chi connectivity index (χ0v) is 11.8. The van der Waals surface area contributed by atoms with E-state index in [1.807, 2.05) is 0 Å². The van der Waals surface area contributed by atoms with Crippen LogP contribution in [0.3, 0.4) is 0 Å². The molecule has 0 heterocycles. The van der Waals surface area contributed by atoms with Crippen LogP contribution in [0.2, 0.25) is 0 Å². The molecule has 18 heavy (non-hydrogen) atoms. The third-order valence-electron chi connectivity index (χ3n) is 3.32. The van der Waals surface area contributed by atoms with Crippen molar-refractivity contribution in [2.75, 3.05) is 6.54 Å². The molecule has 1 N–H and O–H groups in total. The van der Waals surface area contributed by atoms with Gasteiger partial charge in [-0.25, -0.2) is 0 Å². The lowest BCUT2D eigenvalue weighted by Gasteiger charge is -2.19. The van der Waals surface area contributed by atoms with E-state index in [4.69, 9.17) is 4.74 Å². The van der Waals surface area contributed by atoms with Crippen LogP contribution >= 0.6 is 0 Å². The van der Waals surface area contributed by atoms with Gasteiger partial charge in [-0.1, -0.05) is 19.1 Å². The molecule has 0 bridgehead atoms. The summed E-state index contributed by atoms with van der Waals surface area (Å²) < 4.78 is 5.69. The van der Waals surface area contributed by atoms with Crippen LogP contribution in [0.25, 0.3) is 0 Å². The summed E-state index contributed by atoms with van der Waals surface area (Å²) in [6, 6.07) is 9.15. The standard InChI is InChI=1S/C16H25NO/c1-4-11-17-16(13-5-6-13)14-7-9-15(10-8-14)18-12(2)3/h7-10,12-13,16-17H,4-6,11H2,1-3H3. The lowest BCUT2D eigenvalue weighted by atomic mass is 10.0. The number of rotatable bonds is 7. The van der Waals surface area contributed by atoms with Crippen molar-refractivity contribution < 1.29 is 4.74 Å². The Kier molecular flexibility index (Phi) is 4.65. The molecular formula is C16H25NO. The third-order valence-corrected chi connectivity index (χ3v) is 3.32. The second-order valence-electron chi connectivity index (χ2n) is 5.50. The average Bonchev–Trinajstić information content (AvgIpc) is 3.15. The first-order valence-electron chi connectivity index (χ1n) is 7.20. The first-order chi connectivity index (χ1) is 8.70. The average molecular weight is 247 g/mol. The fourth-order valence-electron chi connectivity index (χ4n) is 2.31. The zero-order chi connectivity index (χ0) is 13.0. The van der Waals surface area contributed by atoms with Crippen LogP contribution in [-0.4, -0.2) is 12.6 Å². The fourth-order valence-corrected chi connectivity index (χ4v) is 2.31. The van der Waals surface area contributed by atoms with Gasteiger partial charge in [-0.2, -0.15) is 0 Å². The Hall–Kier alpha value is -1.02. The van der Waals surface area contributed by atoms with Crippen molar-refractivity contribution in [1.82, 2.24) is 5.32 Å². The van der Waals surface area contributed by atoms with Crippen LogP contribution in [-0.2, 0) is 0 Å². The fraction of sp³-hybridized carbons (Fsp3) is 0.625. The topological polar surface area (TPSA) is 21.3 Å². The minimum absolute atomic E-state index is 0.244. The van der Waals surface area contributed by atoms with Crippen LogP contribution in [0.4, 0.5) is 0 Å². The Morgan fingerprint density at radius 2 is 1.89 bits per heavy atom. The molecule has 0 spiro atoms. The summed E-state index contributed by atoms with van der Waals surface area (Å²) in [6.45, 7) is 7.44. The molecule has 1 aromatic rings.